The number of urea groups is 1. The summed E-state index contributed by atoms with van der Waals surface area (Å²) in [6.07, 6.45) is 8.23. The van der Waals surface area contributed by atoms with Crippen LogP contribution in [0.3, 0.4) is 0 Å². The molecule has 0 radical (unpaired) electrons. The largest absolute Gasteiger partial charge is 0.473 e. The molecule has 6 heteroatoms. The quantitative estimate of drug-likeness (QED) is 0.907. The van der Waals surface area contributed by atoms with E-state index in [0.717, 1.165) is 17.8 Å². The predicted octanol–water partition coefficient (Wildman–Crippen LogP) is 3.71. The molecule has 1 aromatic heterocycles. The van der Waals surface area contributed by atoms with Gasteiger partial charge in [-0.15, -0.1) is 0 Å². The second-order valence-electron chi connectivity index (χ2n) is 7.00. The first-order valence-electron chi connectivity index (χ1n) is 8.20. The van der Waals surface area contributed by atoms with Crippen LogP contribution in [0.25, 0.3) is 0 Å². The molecule has 25 heavy (non-hydrogen) atoms. The molecule has 0 saturated heterocycles. The number of nitrogens with one attached hydrogen (secondary N) is 1. The fourth-order valence-corrected chi connectivity index (χ4v) is 2.89. The molecule has 2 amide bonds. The highest BCUT2D eigenvalue weighted by Gasteiger charge is 2.37. The standard InChI is InChI=1S/C19H23N3O3/c1-19(2)10-13-6-5-9-24-17(13)15(19)12-25-16-8-7-14(11-20-16)21-18(23)22(3)4/h5-9,11H,10,12H2,1-4H3,(H,21,23). The van der Waals surface area contributed by atoms with E-state index in [1.807, 2.05) is 6.08 Å². The fraction of sp³-hybridized carbons (Fsp3) is 0.368. The van der Waals surface area contributed by atoms with Crippen LogP contribution in [-0.4, -0.2) is 36.6 Å². The third kappa shape index (κ3) is 3.68. The maximum Gasteiger partial charge on any atom is 0.321 e. The number of hydrogen-bond acceptors (Lipinski definition) is 4. The Balaban J connectivity index is 1.66. The van der Waals surface area contributed by atoms with E-state index in [1.54, 1.807) is 38.7 Å². The van der Waals surface area contributed by atoms with Gasteiger partial charge in [0.05, 0.1) is 18.1 Å². The highest BCUT2D eigenvalue weighted by molar-refractivity contribution is 5.88. The molecule has 1 N–H and O–H groups in total. The van der Waals surface area contributed by atoms with Gasteiger partial charge in [-0.1, -0.05) is 19.9 Å². The molecular weight excluding hydrogens is 318 g/mol. The van der Waals surface area contributed by atoms with Crippen LogP contribution in [0.5, 0.6) is 5.88 Å². The first-order chi connectivity index (χ1) is 11.9. The molecule has 1 aliphatic carbocycles. The number of hydrogen-bond donors (Lipinski definition) is 1. The zero-order chi connectivity index (χ0) is 18.0. The van der Waals surface area contributed by atoms with Gasteiger partial charge in [-0.3, -0.25) is 0 Å². The molecule has 0 unspecified atom stereocenters. The van der Waals surface area contributed by atoms with Crippen molar-refractivity contribution in [2.24, 2.45) is 5.41 Å². The molecule has 0 bridgehead atoms. The van der Waals surface area contributed by atoms with Crippen molar-refractivity contribution in [2.75, 3.05) is 26.0 Å². The minimum absolute atomic E-state index is 0.00713. The van der Waals surface area contributed by atoms with Crippen LogP contribution in [0.15, 0.2) is 53.6 Å². The minimum atomic E-state index is -0.197. The Kier molecular flexibility index (Phi) is 4.53. The summed E-state index contributed by atoms with van der Waals surface area (Å²) in [5, 5.41) is 2.74. The van der Waals surface area contributed by atoms with Gasteiger partial charge in [0.2, 0.25) is 5.88 Å². The van der Waals surface area contributed by atoms with E-state index >= 15 is 0 Å². The molecule has 2 aliphatic rings. The summed E-state index contributed by atoms with van der Waals surface area (Å²) in [5.74, 6) is 1.43. The van der Waals surface area contributed by atoms with Gasteiger partial charge in [-0.2, -0.15) is 0 Å². The van der Waals surface area contributed by atoms with Crippen molar-refractivity contribution in [3.8, 4) is 5.88 Å². The van der Waals surface area contributed by atoms with Crippen molar-refractivity contribution in [3.63, 3.8) is 0 Å². The number of amides is 2. The van der Waals surface area contributed by atoms with Crippen molar-refractivity contribution in [2.45, 2.75) is 20.3 Å². The summed E-state index contributed by atoms with van der Waals surface area (Å²) in [7, 11) is 3.37. The Hall–Kier alpha value is -2.76. The van der Waals surface area contributed by atoms with E-state index in [-0.39, 0.29) is 11.4 Å². The molecule has 3 rings (SSSR count). The Morgan fingerprint density at radius 3 is 2.88 bits per heavy atom. The lowest BCUT2D eigenvalue weighted by molar-refractivity contribution is 0.230. The number of carbonyl (C=O) groups excluding carboxylic acids is 1. The van der Waals surface area contributed by atoms with Crippen molar-refractivity contribution in [1.29, 1.82) is 0 Å². The summed E-state index contributed by atoms with van der Waals surface area (Å²) in [6, 6.07) is 3.32. The molecular formula is C19H23N3O3. The smallest absolute Gasteiger partial charge is 0.321 e. The van der Waals surface area contributed by atoms with Crippen LogP contribution in [0, 0.1) is 5.41 Å². The van der Waals surface area contributed by atoms with Crippen LogP contribution in [0.2, 0.25) is 0 Å². The van der Waals surface area contributed by atoms with Crippen LogP contribution in [0.4, 0.5) is 10.5 Å². The van der Waals surface area contributed by atoms with E-state index in [9.17, 15) is 4.79 Å². The van der Waals surface area contributed by atoms with E-state index in [0.29, 0.717) is 18.2 Å². The van der Waals surface area contributed by atoms with Crippen molar-refractivity contribution >= 4 is 11.7 Å². The fourth-order valence-electron chi connectivity index (χ4n) is 2.89. The van der Waals surface area contributed by atoms with Gasteiger partial charge in [0.1, 0.15) is 12.4 Å². The summed E-state index contributed by atoms with van der Waals surface area (Å²) in [4.78, 5) is 17.3. The summed E-state index contributed by atoms with van der Waals surface area (Å²) < 4.78 is 11.6. The van der Waals surface area contributed by atoms with Gasteiger partial charge in [0.25, 0.3) is 0 Å². The van der Waals surface area contributed by atoms with Gasteiger partial charge in [-0.25, -0.2) is 9.78 Å². The molecule has 1 aliphatic heterocycles. The number of rotatable bonds is 4. The minimum Gasteiger partial charge on any atom is -0.473 e. The number of ether oxygens (including phenoxy) is 2. The lowest BCUT2D eigenvalue weighted by Crippen LogP contribution is -2.27. The van der Waals surface area contributed by atoms with Gasteiger partial charge < -0.3 is 19.7 Å². The van der Waals surface area contributed by atoms with E-state index in [1.165, 1.54) is 10.5 Å². The van der Waals surface area contributed by atoms with Gasteiger partial charge in [0, 0.05) is 25.7 Å². The molecule has 6 nitrogen and oxygen atoms in total. The Bertz CT molecular complexity index is 759. The molecule has 132 valence electrons. The highest BCUT2D eigenvalue weighted by atomic mass is 16.5. The highest BCUT2D eigenvalue weighted by Crippen LogP contribution is 2.47. The molecule has 0 aromatic carbocycles. The summed E-state index contributed by atoms with van der Waals surface area (Å²) in [5.41, 5.74) is 2.96. The maximum absolute atomic E-state index is 11.6. The Morgan fingerprint density at radius 2 is 2.20 bits per heavy atom. The average molecular weight is 341 g/mol. The van der Waals surface area contributed by atoms with Gasteiger partial charge >= 0.3 is 6.03 Å². The number of fused-ring (bicyclic) bond motifs is 1. The number of carbonyl (C=O) groups is 1. The maximum atomic E-state index is 11.6. The first-order valence-corrected chi connectivity index (χ1v) is 8.20. The predicted molar refractivity (Wildman–Crippen MR) is 96.2 cm³/mol. The lowest BCUT2D eigenvalue weighted by Gasteiger charge is -2.21. The molecule has 2 heterocycles. The molecule has 0 spiro atoms. The first kappa shape index (κ1) is 17.1. The van der Waals surface area contributed by atoms with Crippen LogP contribution < -0.4 is 10.1 Å². The van der Waals surface area contributed by atoms with Crippen molar-refractivity contribution in [1.82, 2.24) is 9.88 Å². The SMILES string of the molecule is CN(C)C(=O)Nc1ccc(OCC2=C3OC=CC=C3CC2(C)C)nc1. The van der Waals surface area contributed by atoms with Crippen LogP contribution in [-0.2, 0) is 4.74 Å². The van der Waals surface area contributed by atoms with Crippen molar-refractivity contribution < 1.29 is 14.3 Å². The normalized spacial score (nSPS) is 17.5. The van der Waals surface area contributed by atoms with E-state index in [4.69, 9.17) is 9.47 Å². The van der Waals surface area contributed by atoms with Gasteiger partial charge in [-0.05, 0) is 29.6 Å². The Labute approximate surface area is 147 Å². The molecule has 0 fully saturated rings. The third-order valence-corrected chi connectivity index (χ3v) is 4.34. The van der Waals surface area contributed by atoms with E-state index < -0.39 is 0 Å². The number of pyridine rings is 1. The second kappa shape index (κ2) is 6.63. The van der Waals surface area contributed by atoms with Gasteiger partial charge in [0.15, 0.2) is 0 Å². The van der Waals surface area contributed by atoms with Crippen LogP contribution >= 0.6 is 0 Å². The monoisotopic (exact) mass is 341 g/mol. The Morgan fingerprint density at radius 1 is 1.40 bits per heavy atom. The van der Waals surface area contributed by atoms with Crippen molar-refractivity contribution in [3.05, 3.63) is 53.6 Å². The zero-order valence-corrected chi connectivity index (χ0v) is 15.0. The lowest BCUT2D eigenvalue weighted by atomic mass is 9.85. The third-order valence-electron chi connectivity index (χ3n) is 4.34. The molecule has 0 saturated carbocycles. The summed E-state index contributed by atoms with van der Waals surface area (Å²) >= 11 is 0. The second-order valence-corrected chi connectivity index (χ2v) is 7.00. The summed E-state index contributed by atoms with van der Waals surface area (Å²) in [6.45, 7) is 4.80. The molecule has 0 atom stereocenters. The number of nitrogens with zero attached hydrogens (tertiary/aromatic N) is 2. The average Bonchev–Trinajstić information content (AvgIpc) is 2.83. The number of allylic oxidation sites excluding steroid dienone is 3. The number of aromatic nitrogens is 1. The number of anilines is 1. The molecule has 1 aromatic rings. The van der Waals surface area contributed by atoms with E-state index in [2.05, 4.69) is 30.2 Å². The zero-order valence-electron chi connectivity index (χ0n) is 15.0. The van der Waals surface area contributed by atoms with Crippen LogP contribution in [0.1, 0.15) is 20.3 Å². The topological polar surface area (TPSA) is 63.7 Å².